The summed E-state index contributed by atoms with van der Waals surface area (Å²) >= 11 is 0. The minimum atomic E-state index is -4.47. The third-order valence-corrected chi connectivity index (χ3v) is 0.787. The molecule has 1 unspecified atom stereocenters. The quantitative estimate of drug-likeness (QED) is 0.578. The monoisotopic (exact) mass is 138 g/mol. The highest BCUT2D eigenvalue weighted by molar-refractivity contribution is 4.88. The Labute approximate surface area is 50.1 Å². The Balaban J connectivity index is 4.00. The van der Waals surface area contributed by atoms with Crippen molar-refractivity contribution in [2.45, 2.75) is 6.18 Å². The third kappa shape index (κ3) is 2.33. The van der Waals surface area contributed by atoms with Gasteiger partial charge in [-0.1, -0.05) is 0 Å². The average Bonchev–Trinajstić information content (AvgIpc) is 1.65. The molecular formula is C4H5F3N2. The van der Waals surface area contributed by atoms with Gasteiger partial charge in [0.05, 0.1) is 6.07 Å². The maximum absolute atomic E-state index is 11.4. The summed E-state index contributed by atoms with van der Waals surface area (Å²) in [5.74, 6) is -2.02. The molecule has 2 nitrogen and oxygen atoms in total. The highest BCUT2D eigenvalue weighted by Gasteiger charge is 2.38. The summed E-state index contributed by atoms with van der Waals surface area (Å²) in [4.78, 5) is 0. The van der Waals surface area contributed by atoms with Crippen molar-refractivity contribution in [3.05, 3.63) is 0 Å². The summed E-state index contributed by atoms with van der Waals surface area (Å²) in [5, 5.41) is 7.81. The molecule has 0 spiro atoms. The Hall–Kier alpha value is -0.760. The van der Waals surface area contributed by atoms with E-state index in [1.807, 2.05) is 0 Å². The smallest absolute Gasteiger partial charge is 0.329 e. The van der Waals surface area contributed by atoms with Crippen LogP contribution >= 0.6 is 0 Å². The summed E-state index contributed by atoms with van der Waals surface area (Å²) in [6.45, 7) is -0.667. The maximum Gasteiger partial charge on any atom is 0.405 e. The summed E-state index contributed by atoms with van der Waals surface area (Å²) in [5.41, 5.74) is 4.63. The van der Waals surface area contributed by atoms with Crippen molar-refractivity contribution in [2.24, 2.45) is 11.7 Å². The minimum Gasteiger partial charge on any atom is -0.329 e. The van der Waals surface area contributed by atoms with Crippen LogP contribution in [-0.2, 0) is 0 Å². The Kier molecular flexibility index (Phi) is 2.46. The third-order valence-electron chi connectivity index (χ3n) is 0.787. The molecule has 0 aromatic carbocycles. The summed E-state index contributed by atoms with van der Waals surface area (Å²) in [6, 6.07) is 1.04. The molecule has 0 aliphatic rings. The molecule has 0 aliphatic heterocycles. The van der Waals surface area contributed by atoms with Gasteiger partial charge in [0.1, 0.15) is 0 Å². The van der Waals surface area contributed by atoms with Crippen molar-refractivity contribution in [3.63, 3.8) is 0 Å². The second kappa shape index (κ2) is 2.69. The molecule has 0 aromatic heterocycles. The first-order valence-electron chi connectivity index (χ1n) is 2.18. The first-order chi connectivity index (χ1) is 4.02. The average molecular weight is 138 g/mol. The van der Waals surface area contributed by atoms with Gasteiger partial charge in [-0.25, -0.2) is 0 Å². The van der Waals surface area contributed by atoms with E-state index in [0.717, 1.165) is 6.07 Å². The highest BCUT2D eigenvalue weighted by atomic mass is 19.4. The van der Waals surface area contributed by atoms with Crippen LogP contribution in [0.5, 0.6) is 0 Å². The molecule has 1 atom stereocenters. The normalized spacial score (nSPS) is 14.6. The minimum absolute atomic E-state index is 0.667. The van der Waals surface area contributed by atoms with Gasteiger partial charge in [-0.15, -0.1) is 0 Å². The van der Waals surface area contributed by atoms with Crippen LogP contribution in [0.1, 0.15) is 0 Å². The predicted octanol–water partition coefficient (Wildman–Crippen LogP) is 0.647. The first-order valence-corrected chi connectivity index (χ1v) is 2.18. The number of hydrogen-bond donors (Lipinski definition) is 1. The second-order valence-corrected chi connectivity index (χ2v) is 1.46. The molecule has 9 heavy (non-hydrogen) atoms. The number of hydrogen-bond acceptors (Lipinski definition) is 2. The summed E-state index contributed by atoms with van der Waals surface area (Å²) in [6.07, 6.45) is -4.47. The molecule has 0 bridgehead atoms. The van der Waals surface area contributed by atoms with E-state index in [1.54, 1.807) is 0 Å². The fraction of sp³-hybridized carbons (Fsp3) is 0.750. The van der Waals surface area contributed by atoms with Gasteiger partial charge in [0, 0.05) is 6.54 Å². The lowest BCUT2D eigenvalue weighted by Crippen LogP contribution is -2.28. The number of nitriles is 1. The Morgan fingerprint density at radius 1 is 1.56 bits per heavy atom. The van der Waals surface area contributed by atoms with Gasteiger partial charge >= 0.3 is 6.18 Å². The molecule has 2 N–H and O–H groups in total. The number of nitrogens with two attached hydrogens (primary N) is 1. The van der Waals surface area contributed by atoms with E-state index >= 15 is 0 Å². The number of halogens is 3. The molecule has 0 heterocycles. The zero-order valence-corrected chi connectivity index (χ0v) is 4.44. The lowest BCUT2D eigenvalue weighted by Gasteiger charge is -2.08. The van der Waals surface area contributed by atoms with Gasteiger partial charge in [0.25, 0.3) is 0 Å². The number of nitrogens with zero attached hydrogens (tertiary/aromatic N) is 1. The van der Waals surface area contributed by atoms with Crippen molar-refractivity contribution in [1.29, 1.82) is 5.26 Å². The molecule has 0 aromatic rings. The number of rotatable bonds is 1. The molecule has 0 saturated heterocycles. The van der Waals surface area contributed by atoms with Gasteiger partial charge in [-0.05, 0) is 0 Å². The van der Waals surface area contributed by atoms with Crippen molar-refractivity contribution < 1.29 is 13.2 Å². The van der Waals surface area contributed by atoms with Gasteiger partial charge < -0.3 is 5.73 Å². The zero-order valence-electron chi connectivity index (χ0n) is 4.44. The van der Waals surface area contributed by atoms with Crippen LogP contribution in [0.4, 0.5) is 13.2 Å². The van der Waals surface area contributed by atoms with Gasteiger partial charge in [-0.2, -0.15) is 18.4 Å². The Bertz CT molecular complexity index is 123. The standard InChI is InChI=1S/C4H5F3N2/c5-4(6,7)3(1-8)2-9/h3H,1,8H2. The van der Waals surface area contributed by atoms with Crippen molar-refractivity contribution in [3.8, 4) is 6.07 Å². The molecule has 0 aliphatic carbocycles. The summed E-state index contributed by atoms with van der Waals surface area (Å²) < 4.78 is 34.3. The first kappa shape index (κ1) is 8.24. The molecule has 0 saturated carbocycles. The van der Waals surface area contributed by atoms with E-state index in [-0.39, 0.29) is 0 Å². The Morgan fingerprint density at radius 3 is 2.00 bits per heavy atom. The van der Waals surface area contributed by atoms with Crippen LogP contribution in [0.2, 0.25) is 0 Å². The van der Waals surface area contributed by atoms with Gasteiger partial charge in [0.2, 0.25) is 0 Å². The lowest BCUT2D eigenvalue weighted by molar-refractivity contribution is -0.156. The summed E-state index contributed by atoms with van der Waals surface area (Å²) in [7, 11) is 0. The van der Waals surface area contributed by atoms with Crippen LogP contribution in [-0.4, -0.2) is 12.7 Å². The van der Waals surface area contributed by atoms with E-state index in [0.29, 0.717) is 0 Å². The highest BCUT2D eigenvalue weighted by Crippen LogP contribution is 2.24. The molecule has 52 valence electrons. The topological polar surface area (TPSA) is 49.8 Å². The zero-order chi connectivity index (χ0) is 7.49. The van der Waals surface area contributed by atoms with Crippen LogP contribution in [0.15, 0.2) is 0 Å². The lowest BCUT2D eigenvalue weighted by atomic mass is 10.2. The predicted molar refractivity (Wildman–Crippen MR) is 24.2 cm³/mol. The van der Waals surface area contributed by atoms with E-state index in [9.17, 15) is 13.2 Å². The second-order valence-electron chi connectivity index (χ2n) is 1.46. The fourth-order valence-corrected chi connectivity index (χ4v) is 0.260. The number of alkyl halides is 3. The maximum atomic E-state index is 11.4. The SMILES string of the molecule is N#CC(CN)C(F)(F)F. The molecule has 0 amide bonds. The molecule has 5 heteroatoms. The van der Waals surface area contributed by atoms with Crippen LogP contribution in [0, 0.1) is 17.2 Å². The van der Waals surface area contributed by atoms with Gasteiger partial charge in [-0.3, -0.25) is 0 Å². The van der Waals surface area contributed by atoms with Gasteiger partial charge in [0.15, 0.2) is 5.92 Å². The van der Waals surface area contributed by atoms with E-state index in [4.69, 9.17) is 5.26 Å². The van der Waals surface area contributed by atoms with E-state index < -0.39 is 18.6 Å². The van der Waals surface area contributed by atoms with Crippen molar-refractivity contribution in [1.82, 2.24) is 0 Å². The molecule has 0 fully saturated rings. The largest absolute Gasteiger partial charge is 0.405 e. The molecule has 0 radical (unpaired) electrons. The van der Waals surface area contributed by atoms with E-state index in [1.165, 1.54) is 0 Å². The fourth-order valence-electron chi connectivity index (χ4n) is 0.260. The van der Waals surface area contributed by atoms with Crippen LogP contribution in [0.3, 0.4) is 0 Å². The van der Waals surface area contributed by atoms with Crippen LogP contribution < -0.4 is 5.73 Å². The van der Waals surface area contributed by atoms with Crippen molar-refractivity contribution >= 4 is 0 Å². The van der Waals surface area contributed by atoms with Crippen LogP contribution in [0.25, 0.3) is 0 Å². The van der Waals surface area contributed by atoms with Crippen molar-refractivity contribution in [2.75, 3.05) is 6.54 Å². The van der Waals surface area contributed by atoms with E-state index in [2.05, 4.69) is 5.73 Å². The Morgan fingerprint density at radius 2 is 2.00 bits per heavy atom. The molecular weight excluding hydrogens is 133 g/mol. The molecule has 0 rings (SSSR count).